The maximum Gasteiger partial charge on any atom is 0.0645 e. The molecule has 110 valence electrons. The van der Waals surface area contributed by atoms with E-state index in [4.69, 9.17) is 10.5 Å². The molecule has 1 aliphatic heterocycles. The van der Waals surface area contributed by atoms with Crippen molar-refractivity contribution in [2.24, 2.45) is 5.73 Å². The number of benzene rings is 1. The Morgan fingerprint density at radius 2 is 2.10 bits per heavy atom. The molecule has 1 aromatic rings. The highest BCUT2D eigenvalue weighted by atomic mass is 16.5. The molecule has 3 rings (SSSR count). The topological polar surface area (TPSA) is 38.5 Å². The Morgan fingerprint density at radius 3 is 2.75 bits per heavy atom. The van der Waals surface area contributed by atoms with Gasteiger partial charge in [-0.15, -0.1) is 0 Å². The van der Waals surface area contributed by atoms with Crippen LogP contribution in [0.5, 0.6) is 0 Å². The maximum atomic E-state index is 6.16. The van der Waals surface area contributed by atoms with E-state index >= 15 is 0 Å². The molecule has 0 aromatic heterocycles. The van der Waals surface area contributed by atoms with Crippen molar-refractivity contribution in [2.75, 3.05) is 26.3 Å². The number of rotatable bonds is 4. The Balaban J connectivity index is 1.93. The molecule has 2 fully saturated rings. The second-order valence-corrected chi connectivity index (χ2v) is 6.71. The van der Waals surface area contributed by atoms with Crippen LogP contribution in [0, 0.1) is 0 Å². The van der Waals surface area contributed by atoms with Gasteiger partial charge >= 0.3 is 0 Å². The highest BCUT2D eigenvalue weighted by Gasteiger charge is 2.37. The first-order valence-electron chi connectivity index (χ1n) is 7.77. The molecule has 3 nitrogen and oxygen atoms in total. The largest absolute Gasteiger partial charge is 0.378 e. The lowest BCUT2D eigenvalue weighted by Crippen LogP contribution is -2.55. The van der Waals surface area contributed by atoms with Gasteiger partial charge in [-0.1, -0.05) is 24.3 Å². The van der Waals surface area contributed by atoms with E-state index in [1.165, 1.54) is 24.0 Å². The minimum absolute atomic E-state index is 0.0545. The van der Waals surface area contributed by atoms with Crippen LogP contribution in [-0.2, 0) is 4.74 Å². The summed E-state index contributed by atoms with van der Waals surface area (Å²) in [6, 6.07) is 9.19. The predicted molar refractivity (Wildman–Crippen MR) is 81.8 cm³/mol. The zero-order valence-electron chi connectivity index (χ0n) is 12.6. The lowest BCUT2D eigenvalue weighted by molar-refractivity contribution is -0.0714. The molecule has 1 saturated carbocycles. The van der Waals surface area contributed by atoms with Crippen LogP contribution in [0.2, 0.25) is 0 Å². The predicted octanol–water partition coefficient (Wildman–Crippen LogP) is 2.67. The Labute approximate surface area is 122 Å². The van der Waals surface area contributed by atoms with Crippen molar-refractivity contribution < 1.29 is 4.74 Å². The average Bonchev–Trinajstić information content (AvgIpc) is 3.26. The molecule has 0 amide bonds. The molecule has 3 heteroatoms. The van der Waals surface area contributed by atoms with Gasteiger partial charge in [-0.25, -0.2) is 0 Å². The van der Waals surface area contributed by atoms with E-state index < -0.39 is 0 Å². The summed E-state index contributed by atoms with van der Waals surface area (Å²) in [5.41, 5.74) is 9.17. The summed E-state index contributed by atoms with van der Waals surface area (Å²) < 4.78 is 5.65. The zero-order valence-corrected chi connectivity index (χ0v) is 12.6. The molecule has 0 radical (unpaired) electrons. The van der Waals surface area contributed by atoms with E-state index in [0.717, 1.165) is 25.7 Å². The van der Waals surface area contributed by atoms with E-state index in [1.807, 2.05) is 0 Å². The first-order chi connectivity index (χ1) is 9.63. The van der Waals surface area contributed by atoms with Crippen molar-refractivity contribution in [3.8, 4) is 0 Å². The highest BCUT2D eigenvalue weighted by Crippen LogP contribution is 2.44. The van der Waals surface area contributed by atoms with Gasteiger partial charge in [0.1, 0.15) is 0 Å². The minimum atomic E-state index is 0.0545. The summed E-state index contributed by atoms with van der Waals surface area (Å²) in [7, 11) is 0. The van der Waals surface area contributed by atoms with Gasteiger partial charge in [0.15, 0.2) is 0 Å². The van der Waals surface area contributed by atoms with Crippen molar-refractivity contribution in [3.05, 3.63) is 35.4 Å². The average molecular weight is 274 g/mol. The molecule has 1 aromatic carbocycles. The van der Waals surface area contributed by atoms with Crippen LogP contribution in [0.25, 0.3) is 0 Å². The van der Waals surface area contributed by atoms with E-state index in [2.05, 4.69) is 43.0 Å². The molecule has 1 unspecified atom stereocenters. The monoisotopic (exact) mass is 274 g/mol. The van der Waals surface area contributed by atoms with Crippen molar-refractivity contribution in [1.82, 2.24) is 4.90 Å². The molecular formula is C17H26N2O. The van der Waals surface area contributed by atoms with Gasteiger partial charge < -0.3 is 10.5 Å². The van der Waals surface area contributed by atoms with Crippen molar-refractivity contribution >= 4 is 0 Å². The second-order valence-electron chi connectivity index (χ2n) is 6.71. The summed E-state index contributed by atoms with van der Waals surface area (Å²) in [6.07, 6.45) is 2.67. The fourth-order valence-corrected chi connectivity index (χ4v) is 3.45. The van der Waals surface area contributed by atoms with Crippen LogP contribution in [0.4, 0.5) is 0 Å². The van der Waals surface area contributed by atoms with Gasteiger partial charge in [-0.3, -0.25) is 4.90 Å². The van der Waals surface area contributed by atoms with Crippen LogP contribution >= 0.6 is 0 Å². The molecule has 20 heavy (non-hydrogen) atoms. The Kier molecular flexibility index (Phi) is 3.85. The number of morpholine rings is 1. The van der Waals surface area contributed by atoms with Crippen molar-refractivity contribution in [1.29, 1.82) is 0 Å². The molecule has 1 heterocycles. The molecule has 0 spiro atoms. The third kappa shape index (κ3) is 2.62. The quantitative estimate of drug-likeness (QED) is 0.917. The third-order valence-electron chi connectivity index (χ3n) is 4.68. The molecule has 1 aliphatic carbocycles. The van der Waals surface area contributed by atoms with Gasteiger partial charge in [-0.05, 0) is 43.7 Å². The number of nitrogens with two attached hydrogens (primary N) is 1. The fraction of sp³-hybridized carbons (Fsp3) is 0.647. The first-order valence-corrected chi connectivity index (χ1v) is 7.77. The smallest absolute Gasteiger partial charge is 0.0645 e. The molecule has 2 N–H and O–H groups in total. The Morgan fingerprint density at radius 1 is 1.35 bits per heavy atom. The van der Waals surface area contributed by atoms with E-state index in [-0.39, 0.29) is 5.54 Å². The maximum absolute atomic E-state index is 6.16. The van der Waals surface area contributed by atoms with Gasteiger partial charge in [0.2, 0.25) is 0 Å². The van der Waals surface area contributed by atoms with Crippen LogP contribution in [0.15, 0.2) is 24.3 Å². The van der Waals surface area contributed by atoms with Gasteiger partial charge in [0, 0.05) is 24.7 Å². The van der Waals surface area contributed by atoms with Crippen LogP contribution in [0.3, 0.4) is 0 Å². The summed E-state index contributed by atoms with van der Waals surface area (Å²) in [5, 5.41) is 0. The number of ether oxygens (including phenoxy) is 1. The van der Waals surface area contributed by atoms with E-state index in [9.17, 15) is 0 Å². The van der Waals surface area contributed by atoms with Crippen molar-refractivity contribution in [3.63, 3.8) is 0 Å². The van der Waals surface area contributed by atoms with E-state index in [1.54, 1.807) is 0 Å². The molecule has 1 saturated heterocycles. The van der Waals surface area contributed by atoms with Crippen molar-refractivity contribution in [2.45, 2.75) is 44.2 Å². The molecule has 1 atom stereocenters. The first kappa shape index (κ1) is 14.1. The molecular weight excluding hydrogens is 248 g/mol. The summed E-state index contributed by atoms with van der Waals surface area (Å²) in [6.45, 7) is 7.75. The lowest BCUT2D eigenvalue weighted by atomic mass is 9.91. The summed E-state index contributed by atoms with van der Waals surface area (Å²) in [5.74, 6) is 0.768. The second kappa shape index (κ2) is 5.47. The SMILES string of the molecule is CC1(C)COCCN1C(CN)c1ccccc1C1CC1. The van der Waals surface area contributed by atoms with Gasteiger partial charge in [0.05, 0.1) is 13.2 Å². The fourth-order valence-electron chi connectivity index (χ4n) is 3.45. The number of hydrogen-bond acceptors (Lipinski definition) is 3. The van der Waals surface area contributed by atoms with Gasteiger partial charge in [0.25, 0.3) is 0 Å². The number of hydrogen-bond donors (Lipinski definition) is 1. The standard InChI is InChI=1S/C17H26N2O/c1-17(2)12-20-10-9-19(17)16(11-18)15-6-4-3-5-14(15)13-7-8-13/h3-6,13,16H,7-12,18H2,1-2H3. The third-order valence-corrected chi connectivity index (χ3v) is 4.68. The van der Waals surface area contributed by atoms with Gasteiger partial charge in [-0.2, -0.15) is 0 Å². The zero-order chi connectivity index (χ0) is 14.2. The Hall–Kier alpha value is -0.900. The summed E-state index contributed by atoms with van der Waals surface area (Å²) >= 11 is 0. The Bertz CT molecular complexity index is 468. The normalized spacial score (nSPS) is 24.6. The minimum Gasteiger partial charge on any atom is -0.378 e. The van der Waals surface area contributed by atoms with Crippen LogP contribution < -0.4 is 5.73 Å². The number of nitrogens with zero attached hydrogens (tertiary/aromatic N) is 1. The summed E-state index contributed by atoms with van der Waals surface area (Å²) in [4.78, 5) is 2.54. The highest BCUT2D eigenvalue weighted by molar-refractivity contribution is 5.36. The lowest BCUT2D eigenvalue weighted by Gasteiger charge is -2.47. The van der Waals surface area contributed by atoms with Crippen LogP contribution in [-0.4, -0.2) is 36.7 Å². The molecule has 0 bridgehead atoms. The van der Waals surface area contributed by atoms with E-state index in [0.29, 0.717) is 12.6 Å². The molecule has 2 aliphatic rings. The van der Waals surface area contributed by atoms with Crippen LogP contribution in [0.1, 0.15) is 49.8 Å².